The molecule has 1 atom stereocenters. The van der Waals surface area contributed by atoms with E-state index in [2.05, 4.69) is 27.3 Å². The maximum atomic E-state index is 12.0. The number of aliphatic imine (C=N–C) groups is 1. The number of rotatable bonds is 3. The van der Waals surface area contributed by atoms with Crippen LogP contribution < -0.4 is 10.2 Å². The van der Waals surface area contributed by atoms with Crippen LogP contribution in [-0.4, -0.2) is 56.7 Å². The standard InChI is InChI=1S/C20H28N4O2/c1-21-19(23-10-7-20(14-23)8-11-26-15-20)22-13-16-4-2-5-17(12-16)24-9-3-6-18(24)25/h2,4-5,12H,3,6-11,13-15H2,1H3,(H,21,22). The van der Waals surface area contributed by atoms with Gasteiger partial charge in [0.05, 0.1) is 6.61 Å². The minimum Gasteiger partial charge on any atom is -0.381 e. The number of carbonyl (C=O) groups excluding carboxylic acids is 1. The molecular weight excluding hydrogens is 328 g/mol. The van der Waals surface area contributed by atoms with E-state index in [1.807, 2.05) is 24.1 Å². The van der Waals surface area contributed by atoms with Gasteiger partial charge < -0.3 is 19.9 Å². The third-order valence-corrected chi connectivity index (χ3v) is 5.88. The number of likely N-dealkylation sites (tertiary alicyclic amines) is 1. The van der Waals surface area contributed by atoms with Crippen LogP contribution in [0.15, 0.2) is 29.3 Å². The fourth-order valence-electron chi connectivity index (χ4n) is 4.36. The van der Waals surface area contributed by atoms with Crippen LogP contribution in [0.25, 0.3) is 0 Å². The Morgan fingerprint density at radius 3 is 3.00 bits per heavy atom. The molecule has 1 unspecified atom stereocenters. The van der Waals surface area contributed by atoms with Crippen molar-refractivity contribution in [3.63, 3.8) is 0 Å². The molecule has 0 aromatic heterocycles. The molecule has 3 saturated heterocycles. The van der Waals surface area contributed by atoms with Gasteiger partial charge in [-0.3, -0.25) is 9.79 Å². The van der Waals surface area contributed by atoms with Gasteiger partial charge in [0, 0.05) is 57.4 Å². The molecule has 1 spiro atoms. The van der Waals surface area contributed by atoms with E-state index >= 15 is 0 Å². The van der Waals surface area contributed by atoms with Crippen LogP contribution in [0.1, 0.15) is 31.2 Å². The lowest BCUT2D eigenvalue weighted by molar-refractivity contribution is -0.117. The number of ether oxygens (including phenoxy) is 1. The van der Waals surface area contributed by atoms with Gasteiger partial charge in [0.15, 0.2) is 5.96 Å². The Hall–Kier alpha value is -2.08. The summed E-state index contributed by atoms with van der Waals surface area (Å²) in [5, 5.41) is 3.49. The molecule has 26 heavy (non-hydrogen) atoms. The van der Waals surface area contributed by atoms with Crippen LogP contribution in [0, 0.1) is 5.41 Å². The Bertz CT molecular complexity index is 697. The minimum absolute atomic E-state index is 0.229. The zero-order valence-electron chi connectivity index (χ0n) is 15.5. The highest BCUT2D eigenvalue weighted by Crippen LogP contribution is 2.38. The number of guanidine groups is 1. The van der Waals surface area contributed by atoms with Crippen LogP contribution in [0.4, 0.5) is 5.69 Å². The lowest BCUT2D eigenvalue weighted by Crippen LogP contribution is -2.41. The van der Waals surface area contributed by atoms with Crippen molar-refractivity contribution in [3.05, 3.63) is 29.8 Å². The molecule has 1 amide bonds. The molecule has 6 heteroatoms. The zero-order valence-corrected chi connectivity index (χ0v) is 15.5. The lowest BCUT2D eigenvalue weighted by Gasteiger charge is -2.25. The van der Waals surface area contributed by atoms with Crippen molar-refractivity contribution in [1.29, 1.82) is 0 Å². The summed E-state index contributed by atoms with van der Waals surface area (Å²) in [5.41, 5.74) is 2.50. The Labute approximate surface area is 155 Å². The fraction of sp³-hybridized carbons (Fsp3) is 0.600. The van der Waals surface area contributed by atoms with Crippen LogP contribution in [0.5, 0.6) is 0 Å². The van der Waals surface area contributed by atoms with Gasteiger partial charge in [0.1, 0.15) is 0 Å². The van der Waals surface area contributed by atoms with Crippen molar-refractivity contribution in [1.82, 2.24) is 10.2 Å². The highest BCUT2D eigenvalue weighted by molar-refractivity contribution is 5.95. The summed E-state index contributed by atoms with van der Waals surface area (Å²) in [6.45, 7) is 5.37. The van der Waals surface area contributed by atoms with Crippen LogP contribution in [0.3, 0.4) is 0 Å². The first-order valence-corrected chi connectivity index (χ1v) is 9.62. The average molecular weight is 356 g/mol. The molecule has 0 radical (unpaired) electrons. The largest absolute Gasteiger partial charge is 0.381 e. The first-order valence-electron chi connectivity index (χ1n) is 9.62. The first kappa shape index (κ1) is 17.3. The van der Waals surface area contributed by atoms with Crippen molar-refractivity contribution in [2.45, 2.75) is 32.2 Å². The highest BCUT2D eigenvalue weighted by Gasteiger charge is 2.42. The van der Waals surface area contributed by atoms with Crippen molar-refractivity contribution < 1.29 is 9.53 Å². The molecular formula is C20H28N4O2. The summed E-state index contributed by atoms with van der Waals surface area (Å²) in [6, 6.07) is 8.26. The number of hydrogen-bond acceptors (Lipinski definition) is 3. The van der Waals surface area contributed by atoms with Gasteiger partial charge in [-0.1, -0.05) is 12.1 Å². The van der Waals surface area contributed by atoms with Gasteiger partial charge in [-0.15, -0.1) is 0 Å². The summed E-state index contributed by atoms with van der Waals surface area (Å²) < 4.78 is 5.62. The number of benzene rings is 1. The van der Waals surface area contributed by atoms with E-state index in [4.69, 9.17) is 4.74 Å². The summed E-state index contributed by atoms with van der Waals surface area (Å²) in [4.78, 5) is 20.7. The number of anilines is 1. The number of carbonyl (C=O) groups is 1. The van der Waals surface area contributed by atoms with Gasteiger partial charge in [0.2, 0.25) is 5.91 Å². The Morgan fingerprint density at radius 2 is 2.27 bits per heavy atom. The summed E-state index contributed by atoms with van der Waals surface area (Å²) in [7, 11) is 1.85. The van der Waals surface area contributed by atoms with Gasteiger partial charge in [-0.2, -0.15) is 0 Å². The molecule has 3 fully saturated rings. The Kier molecular flexibility index (Phi) is 4.85. The highest BCUT2D eigenvalue weighted by atomic mass is 16.5. The maximum absolute atomic E-state index is 12.0. The molecule has 1 aromatic rings. The van der Waals surface area contributed by atoms with Crippen molar-refractivity contribution in [2.24, 2.45) is 10.4 Å². The molecule has 4 rings (SSSR count). The van der Waals surface area contributed by atoms with Crippen molar-refractivity contribution in [2.75, 3.05) is 44.8 Å². The number of hydrogen-bond donors (Lipinski definition) is 1. The molecule has 3 aliphatic rings. The monoisotopic (exact) mass is 356 g/mol. The Morgan fingerprint density at radius 1 is 1.35 bits per heavy atom. The van der Waals surface area contributed by atoms with Gasteiger partial charge in [0.25, 0.3) is 0 Å². The molecule has 0 aliphatic carbocycles. The van der Waals surface area contributed by atoms with E-state index in [0.29, 0.717) is 18.4 Å². The quantitative estimate of drug-likeness (QED) is 0.665. The van der Waals surface area contributed by atoms with Gasteiger partial charge in [-0.25, -0.2) is 0 Å². The lowest BCUT2D eigenvalue weighted by atomic mass is 9.87. The van der Waals surface area contributed by atoms with Gasteiger partial charge >= 0.3 is 0 Å². The molecule has 1 aromatic carbocycles. The predicted octanol–water partition coefficient (Wildman–Crippen LogP) is 2.00. The van der Waals surface area contributed by atoms with Crippen molar-refractivity contribution in [3.8, 4) is 0 Å². The number of amides is 1. The molecule has 6 nitrogen and oxygen atoms in total. The van der Waals surface area contributed by atoms with E-state index in [0.717, 1.165) is 57.3 Å². The molecule has 1 N–H and O–H groups in total. The molecule has 0 saturated carbocycles. The fourth-order valence-corrected chi connectivity index (χ4v) is 4.36. The van der Waals surface area contributed by atoms with E-state index in [1.165, 1.54) is 12.0 Å². The minimum atomic E-state index is 0.229. The van der Waals surface area contributed by atoms with E-state index in [9.17, 15) is 4.79 Å². The van der Waals surface area contributed by atoms with Crippen molar-refractivity contribution >= 4 is 17.6 Å². The van der Waals surface area contributed by atoms with Crippen LogP contribution in [-0.2, 0) is 16.1 Å². The van der Waals surface area contributed by atoms with Crippen LogP contribution >= 0.6 is 0 Å². The maximum Gasteiger partial charge on any atom is 0.227 e. The second kappa shape index (κ2) is 7.27. The summed E-state index contributed by atoms with van der Waals surface area (Å²) >= 11 is 0. The predicted molar refractivity (Wildman–Crippen MR) is 102 cm³/mol. The first-order chi connectivity index (χ1) is 12.7. The van der Waals surface area contributed by atoms with E-state index in [-0.39, 0.29) is 5.91 Å². The second-order valence-electron chi connectivity index (χ2n) is 7.69. The SMILES string of the molecule is CN=C(NCc1cccc(N2CCCC2=O)c1)N1CCC2(CCOC2)C1. The summed E-state index contributed by atoms with van der Waals surface area (Å²) in [6.07, 6.45) is 3.95. The second-order valence-corrected chi connectivity index (χ2v) is 7.69. The molecule has 3 heterocycles. The van der Waals surface area contributed by atoms with Gasteiger partial charge in [-0.05, 0) is 37.0 Å². The number of nitrogens with one attached hydrogen (secondary N) is 1. The van der Waals surface area contributed by atoms with E-state index in [1.54, 1.807) is 0 Å². The normalized spacial score (nSPS) is 26.3. The topological polar surface area (TPSA) is 57.2 Å². The third kappa shape index (κ3) is 3.43. The molecule has 0 bridgehead atoms. The molecule has 3 aliphatic heterocycles. The Balaban J connectivity index is 1.38. The summed E-state index contributed by atoms with van der Waals surface area (Å²) in [5.74, 6) is 1.18. The third-order valence-electron chi connectivity index (χ3n) is 5.88. The molecule has 140 valence electrons. The zero-order chi connectivity index (χ0) is 18.0. The smallest absolute Gasteiger partial charge is 0.227 e. The average Bonchev–Trinajstić information content (AvgIpc) is 3.39. The van der Waals surface area contributed by atoms with Crippen LogP contribution in [0.2, 0.25) is 0 Å². The number of nitrogens with zero attached hydrogens (tertiary/aromatic N) is 3. The van der Waals surface area contributed by atoms with E-state index < -0.39 is 0 Å².